The van der Waals surface area contributed by atoms with Gasteiger partial charge in [-0.1, -0.05) is 23.4 Å². The maximum absolute atomic E-state index is 9.90. The Morgan fingerprint density at radius 1 is 1.21 bits per heavy atom. The van der Waals surface area contributed by atoms with Crippen molar-refractivity contribution in [3.63, 3.8) is 0 Å². The molecular weight excluding hydrogens is 374 g/mol. The minimum absolute atomic E-state index is 0.109. The number of nitrogen functional groups attached to an aromatic ring is 1. The second-order valence-electron chi connectivity index (χ2n) is 7.67. The molecule has 0 radical (unpaired) electrons. The normalized spacial score (nSPS) is 11.5. The molecule has 0 spiro atoms. The summed E-state index contributed by atoms with van der Waals surface area (Å²) in [5, 5.41) is 10.8. The Hall–Kier alpha value is -2.62. The van der Waals surface area contributed by atoms with E-state index in [0.29, 0.717) is 29.6 Å². The lowest BCUT2D eigenvalue weighted by molar-refractivity contribution is 0.0862. The standard InChI is InChI=1S/C21H24ClN5O/c1-12-9-24-16(14(3)13(12)2)11-27-10-15(7-6-8-21(4,5)28)17-18(22)25-20(23)26-19(17)27/h9-10,28H,8,11H2,1-5H3,(H2,23,25,26). The zero-order chi connectivity index (χ0) is 20.6. The van der Waals surface area contributed by atoms with Gasteiger partial charge in [-0.2, -0.15) is 4.98 Å². The number of nitrogens with two attached hydrogens (primary N) is 1. The summed E-state index contributed by atoms with van der Waals surface area (Å²) >= 11 is 6.35. The van der Waals surface area contributed by atoms with E-state index in [1.54, 1.807) is 13.8 Å². The molecule has 3 N–H and O–H groups in total. The van der Waals surface area contributed by atoms with Crippen molar-refractivity contribution in [1.29, 1.82) is 0 Å². The van der Waals surface area contributed by atoms with Crippen molar-refractivity contribution in [3.05, 3.63) is 45.5 Å². The summed E-state index contributed by atoms with van der Waals surface area (Å²) in [5.74, 6) is 6.20. The first-order chi connectivity index (χ1) is 13.1. The zero-order valence-corrected chi connectivity index (χ0v) is 17.5. The van der Waals surface area contributed by atoms with Gasteiger partial charge in [0.1, 0.15) is 10.8 Å². The highest BCUT2D eigenvalue weighted by atomic mass is 35.5. The molecule has 0 unspecified atom stereocenters. The molecule has 7 heteroatoms. The summed E-state index contributed by atoms with van der Waals surface area (Å²) in [6, 6.07) is 0. The predicted octanol–water partition coefficient (Wildman–Crippen LogP) is 3.55. The Balaban J connectivity index is 2.12. The van der Waals surface area contributed by atoms with Gasteiger partial charge in [-0.3, -0.25) is 4.98 Å². The Bertz CT molecular complexity index is 1120. The third-order valence-corrected chi connectivity index (χ3v) is 5.03. The molecule has 0 atom stereocenters. The number of aliphatic hydroxyl groups is 1. The number of halogens is 1. The summed E-state index contributed by atoms with van der Waals surface area (Å²) in [6.07, 6.45) is 4.10. The van der Waals surface area contributed by atoms with E-state index in [2.05, 4.69) is 40.6 Å². The molecule has 3 aromatic rings. The summed E-state index contributed by atoms with van der Waals surface area (Å²) < 4.78 is 1.94. The number of nitrogens with zero attached hydrogens (tertiary/aromatic N) is 4. The second kappa shape index (κ2) is 7.42. The van der Waals surface area contributed by atoms with Crippen LogP contribution in [0.4, 0.5) is 5.95 Å². The van der Waals surface area contributed by atoms with Crippen LogP contribution in [0.5, 0.6) is 0 Å². The molecule has 0 amide bonds. The Labute approximate surface area is 169 Å². The summed E-state index contributed by atoms with van der Waals surface area (Å²) in [6.45, 7) is 10.2. The fourth-order valence-electron chi connectivity index (χ4n) is 2.93. The largest absolute Gasteiger partial charge is 0.389 e. The van der Waals surface area contributed by atoms with Crippen LogP contribution in [0.25, 0.3) is 11.0 Å². The van der Waals surface area contributed by atoms with Crippen LogP contribution in [0.15, 0.2) is 12.4 Å². The Morgan fingerprint density at radius 3 is 2.61 bits per heavy atom. The number of rotatable bonds is 3. The number of anilines is 1. The quantitative estimate of drug-likeness (QED) is 0.521. The van der Waals surface area contributed by atoms with Gasteiger partial charge in [-0.05, 0) is 51.3 Å². The van der Waals surface area contributed by atoms with Crippen LogP contribution in [0.3, 0.4) is 0 Å². The monoisotopic (exact) mass is 397 g/mol. The van der Waals surface area contributed by atoms with Crippen molar-refractivity contribution < 1.29 is 5.11 Å². The molecular formula is C21H24ClN5O. The first-order valence-corrected chi connectivity index (χ1v) is 9.39. The van der Waals surface area contributed by atoms with Gasteiger partial charge in [0.25, 0.3) is 0 Å². The molecule has 0 saturated carbocycles. The molecule has 0 fully saturated rings. The van der Waals surface area contributed by atoms with E-state index in [-0.39, 0.29) is 11.1 Å². The van der Waals surface area contributed by atoms with E-state index < -0.39 is 5.60 Å². The van der Waals surface area contributed by atoms with Crippen molar-refractivity contribution in [2.75, 3.05) is 5.73 Å². The molecule has 0 aliphatic heterocycles. The van der Waals surface area contributed by atoms with Crippen LogP contribution >= 0.6 is 11.6 Å². The molecule has 0 aliphatic rings. The molecule has 0 saturated heterocycles. The SMILES string of the molecule is Cc1cnc(Cn2cc(C#CCC(C)(C)O)c3c(Cl)nc(N)nc32)c(C)c1C. The predicted molar refractivity (Wildman–Crippen MR) is 112 cm³/mol. The molecule has 3 heterocycles. The summed E-state index contributed by atoms with van der Waals surface area (Å²) in [4.78, 5) is 13.0. The molecule has 3 rings (SSSR count). The maximum atomic E-state index is 9.90. The Morgan fingerprint density at radius 2 is 1.93 bits per heavy atom. The smallest absolute Gasteiger partial charge is 0.223 e. The van der Waals surface area contributed by atoms with Crippen molar-refractivity contribution in [2.24, 2.45) is 0 Å². The molecule has 146 valence electrons. The average Bonchev–Trinajstić information content (AvgIpc) is 2.92. The first-order valence-electron chi connectivity index (χ1n) is 9.01. The van der Waals surface area contributed by atoms with Gasteiger partial charge in [-0.25, -0.2) is 4.98 Å². The van der Waals surface area contributed by atoms with Gasteiger partial charge in [-0.15, -0.1) is 0 Å². The second-order valence-corrected chi connectivity index (χ2v) is 8.03. The minimum Gasteiger partial charge on any atom is -0.389 e. The highest BCUT2D eigenvalue weighted by molar-refractivity contribution is 6.34. The van der Waals surface area contributed by atoms with Crippen molar-refractivity contribution in [1.82, 2.24) is 19.5 Å². The molecule has 28 heavy (non-hydrogen) atoms. The first kappa shape index (κ1) is 20.1. The molecule has 3 aromatic heterocycles. The lowest BCUT2D eigenvalue weighted by atomic mass is 10.0. The van der Waals surface area contributed by atoms with Crippen molar-refractivity contribution in [3.8, 4) is 11.8 Å². The summed E-state index contributed by atoms with van der Waals surface area (Å²) in [5.41, 5.74) is 10.7. The maximum Gasteiger partial charge on any atom is 0.223 e. The van der Waals surface area contributed by atoms with E-state index in [9.17, 15) is 5.11 Å². The lowest BCUT2D eigenvalue weighted by Crippen LogP contribution is -2.16. The van der Waals surface area contributed by atoms with E-state index in [1.807, 2.05) is 23.9 Å². The van der Waals surface area contributed by atoms with E-state index in [0.717, 1.165) is 16.8 Å². The van der Waals surface area contributed by atoms with Crippen LogP contribution in [-0.2, 0) is 6.54 Å². The van der Waals surface area contributed by atoms with Crippen molar-refractivity contribution in [2.45, 2.75) is 53.2 Å². The minimum atomic E-state index is -0.865. The molecule has 0 bridgehead atoms. The van der Waals surface area contributed by atoms with E-state index in [4.69, 9.17) is 17.3 Å². The Kier molecular flexibility index (Phi) is 5.33. The number of hydrogen-bond acceptors (Lipinski definition) is 5. The highest BCUT2D eigenvalue weighted by Gasteiger charge is 2.17. The fraction of sp³-hybridized carbons (Fsp3) is 0.381. The number of hydrogen-bond donors (Lipinski definition) is 2. The number of aryl methyl sites for hydroxylation is 1. The van der Waals surface area contributed by atoms with E-state index in [1.165, 1.54) is 5.56 Å². The van der Waals surface area contributed by atoms with Crippen LogP contribution in [0, 0.1) is 32.6 Å². The number of fused-ring (bicyclic) bond motifs is 1. The third kappa shape index (κ3) is 4.11. The lowest BCUT2D eigenvalue weighted by Gasteiger charge is -2.11. The zero-order valence-electron chi connectivity index (χ0n) is 16.8. The highest BCUT2D eigenvalue weighted by Crippen LogP contribution is 2.28. The summed E-state index contributed by atoms with van der Waals surface area (Å²) in [7, 11) is 0. The van der Waals surface area contributed by atoms with Crippen LogP contribution in [0.1, 0.15) is 48.2 Å². The average molecular weight is 398 g/mol. The van der Waals surface area contributed by atoms with Gasteiger partial charge < -0.3 is 15.4 Å². The number of pyridine rings is 1. The molecule has 6 nitrogen and oxygen atoms in total. The number of aromatic nitrogens is 4. The van der Waals surface area contributed by atoms with Crippen LogP contribution in [0.2, 0.25) is 5.15 Å². The topological polar surface area (TPSA) is 89.8 Å². The van der Waals surface area contributed by atoms with Crippen molar-refractivity contribution >= 4 is 28.6 Å². The van der Waals surface area contributed by atoms with Gasteiger partial charge in [0.05, 0.1) is 28.8 Å². The fourth-order valence-corrected chi connectivity index (χ4v) is 3.20. The van der Waals surface area contributed by atoms with Gasteiger partial charge in [0.15, 0.2) is 0 Å². The molecule has 0 aromatic carbocycles. The third-order valence-electron chi connectivity index (χ3n) is 4.75. The van der Waals surface area contributed by atoms with Crippen LogP contribution in [-0.4, -0.2) is 30.2 Å². The van der Waals surface area contributed by atoms with Gasteiger partial charge in [0, 0.05) is 18.8 Å². The van der Waals surface area contributed by atoms with E-state index >= 15 is 0 Å². The van der Waals surface area contributed by atoms with Crippen LogP contribution < -0.4 is 5.73 Å². The van der Waals surface area contributed by atoms with Gasteiger partial charge >= 0.3 is 0 Å². The molecule has 0 aliphatic carbocycles. The van der Waals surface area contributed by atoms with Gasteiger partial charge in [0.2, 0.25) is 5.95 Å².